The smallest absolute Gasteiger partial charge is 0.320 e. The Morgan fingerprint density at radius 3 is 2.68 bits per heavy atom. The van der Waals surface area contributed by atoms with E-state index >= 15 is 4.39 Å². The first-order chi connectivity index (χ1) is 19.6. The van der Waals surface area contributed by atoms with Gasteiger partial charge < -0.3 is 19.5 Å². The van der Waals surface area contributed by atoms with E-state index in [2.05, 4.69) is 10.3 Å². The number of hydrogen-bond acceptors (Lipinski definition) is 5. The molecule has 10 nitrogen and oxygen atoms in total. The molecule has 1 aromatic carbocycles. The summed E-state index contributed by atoms with van der Waals surface area (Å²) in [7, 11) is 0. The Morgan fingerprint density at radius 1 is 1.07 bits per heavy atom. The number of nitrogens with one attached hydrogen (secondary N) is 1. The van der Waals surface area contributed by atoms with Gasteiger partial charge in [0.05, 0.1) is 35.1 Å². The number of carbonyl (C=O) groups excluding carboxylic acids is 3. The SMILES string of the molecule is O=C1NC(=O)C(c2cnc3ccccn23)=C1c1cn2c3c(cc(F)cc13)CN(C(=O)N1CCC(F)(F)C(O)C1)CC2. The van der Waals surface area contributed by atoms with Crippen molar-refractivity contribution < 1.29 is 32.7 Å². The fraction of sp³-hybridized carbons (Fsp3) is 0.286. The third-order valence-electron chi connectivity index (χ3n) is 8.00. The Hall–Kier alpha value is -4.65. The molecule has 7 rings (SSSR count). The minimum absolute atomic E-state index is 0.0101. The Labute approximate surface area is 230 Å². The van der Waals surface area contributed by atoms with E-state index in [4.69, 9.17) is 0 Å². The Morgan fingerprint density at radius 2 is 1.88 bits per heavy atom. The van der Waals surface area contributed by atoms with Crippen LogP contribution in [0.15, 0.2) is 48.9 Å². The lowest BCUT2D eigenvalue weighted by Crippen LogP contribution is -2.55. The minimum atomic E-state index is -3.26. The number of alkyl halides is 2. The normalized spacial score (nSPS) is 20.7. The number of urea groups is 1. The van der Waals surface area contributed by atoms with Crippen molar-refractivity contribution in [3.8, 4) is 0 Å². The molecule has 6 heterocycles. The Kier molecular flexibility index (Phi) is 5.52. The van der Waals surface area contributed by atoms with E-state index in [9.17, 15) is 28.3 Å². The van der Waals surface area contributed by atoms with Crippen LogP contribution in [0, 0.1) is 5.82 Å². The number of β-amino-alcohol motifs (C(OH)–C–C–N with tert-alkyl or cyclic N) is 1. The molecule has 3 aliphatic rings. The maximum absolute atomic E-state index is 15.1. The van der Waals surface area contributed by atoms with Gasteiger partial charge >= 0.3 is 6.03 Å². The summed E-state index contributed by atoms with van der Waals surface area (Å²) in [4.78, 5) is 46.4. The number of piperidine rings is 1. The molecule has 210 valence electrons. The van der Waals surface area contributed by atoms with Gasteiger partial charge in [-0.05, 0) is 29.8 Å². The average molecular weight is 565 g/mol. The van der Waals surface area contributed by atoms with Crippen molar-refractivity contribution in [2.24, 2.45) is 0 Å². The number of pyridine rings is 1. The molecule has 0 radical (unpaired) electrons. The molecule has 13 heteroatoms. The van der Waals surface area contributed by atoms with Gasteiger partial charge in [-0.1, -0.05) is 6.07 Å². The first kappa shape index (κ1) is 25.3. The fourth-order valence-electron chi connectivity index (χ4n) is 5.99. The van der Waals surface area contributed by atoms with Gasteiger partial charge in [-0.25, -0.2) is 22.9 Å². The second-order valence-corrected chi connectivity index (χ2v) is 10.5. The van der Waals surface area contributed by atoms with E-state index in [1.165, 1.54) is 28.1 Å². The van der Waals surface area contributed by atoms with Crippen molar-refractivity contribution in [2.45, 2.75) is 31.5 Å². The maximum Gasteiger partial charge on any atom is 0.320 e. The number of imidazole rings is 1. The van der Waals surface area contributed by atoms with Gasteiger partial charge in [0.2, 0.25) is 0 Å². The second-order valence-electron chi connectivity index (χ2n) is 10.5. The van der Waals surface area contributed by atoms with E-state index in [1.807, 2.05) is 0 Å². The lowest BCUT2D eigenvalue weighted by atomic mass is 9.98. The number of hydrogen-bond donors (Lipinski definition) is 2. The van der Waals surface area contributed by atoms with Crippen molar-refractivity contribution in [3.05, 3.63) is 71.6 Å². The summed E-state index contributed by atoms with van der Waals surface area (Å²) in [6.45, 7) is -0.283. The van der Waals surface area contributed by atoms with Crippen molar-refractivity contribution in [2.75, 3.05) is 19.6 Å². The van der Waals surface area contributed by atoms with Gasteiger partial charge in [-0.2, -0.15) is 0 Å². The van der Waals surface area contributed by atoms with Crippen LogP contribution in [0.3, 0.4) is 0 Å². The molecule has 0 aliphatic carbocycles. The molecule has 1 saturated heterocycles. The predicted molar refractivity (Wildman–Crippen MR) is 140 cm³/mol. The van der Waals surface area contributed by atoms with Crippen LogP contribution in [0.2, 0.25) is 0 Å². The van der Waals surface area contributed by atoms with Gasteiger partial charge in [0.25, 0.3) is 17.7 Å². The van der Waals surface area contributed by atoms with Crippen LogP contribution in [-0.2, 0) is 22.7 Å². The third kappa shape index (κ3) is 3.90. The molecule has 0 bridgehead atoms. The number of aromatic nitrogens is 3. The van der Waals surface area contributed by atoms with Crippen LogP contribution in [-0.4, -0.2) is 78.4 Å². The number of imide groups is 1. The summed E-state index contributed by atoms with van der Waals surface area (Å²) in [5.74, 6) is -5.07. The highest BCUT2D eigenvalue weighted by atomic mass is 19.3. The monoisotopic (exact) mass is 564 g/mol. The number of rotatable bonds is 2. The molecule has 2 N–H and O–H groups in total. The summed E-state index contributed by atoms with van der Waals surface area (Å²) in [6.07, 6.45) is 2.30. The van der Waals surface area contributed by atoms with Gasteiger partial charge in [-0.15, -0.1) is 0 Å². The number of halogens is 3. The number of nitrogens with zero attached hydrogens (tertiary/aromatic N) is 5. The maximum atomic E-state index is 15.1. The Balaban J connectivity index is 1.31. The van der Waals surface area contributed by atoms with Gasteiger partial charge in [0.15, 0.2) is 0 Å². The number of aliphatic hydroxyl groups is 1. The van der Waals surface area contributed by atoms with Crippen molar-refractivity contribution in [1.82, 2.24) is 29.1 Å². The van der Waals surface area contributed by atoms with E-state index < -0.39 is 48.7 Å². The van der Waals surface area contributed by atoms with Crippen molar-refractivity contribution >= 4 is 45.5 Å². The Bertz CT molecular complexity index is 1830. The van der Waals surface area contributed by atoms with Crippen molar-refractivity contribution in [1.29, 1.82) is 0 Å². The highest BCUT2D eigenvalue weighted by Crippen LogP contribution is 2.39. The molecule has 1 atom stereocenters. The molecule has 0 spiro atoms. The highest BCUT2D eigenvalue weighted by molar-refractivity contribution is 6.49. The van der Waals surface area contributed by atoms with E-state index in [-0.39, 0.29) is 37.3 Å². The summed E-state index contributed by atoms with van der Waals surface area (Å²) in [6, 6.07) is 7.40. The molecule has 4 amide bonds. The second kappa shape index (κ2) is 8.93. The minimum Gasteiger partial charge on any atom is -0.385 e. The van der Waals surface area contributed by atoms with E-state index in [1.54, 1.807) is 39.6 Å². The van der Waals surface area contributed by atoms with Gasteiger partial charge in [-0.3, -0.25) is 19.3 Å². The molecule has 4 aromatic rings. The van der Waals surface area contributed by atoms with Crippen molar-refractivity contribution in [3.63, 3.8) is 0 Å². The quantitative estimate of drug-likeness (QED) is 0.364. The van der Waals surface area contributed by atoms with Crippen LogP contribution in [0.4, 0.5) is 18.0 Å². The molecule has 1 unspecified atom stereocenters. The van der Waals surface area contributed by atoms with E-state index in [0.29, 0.717) is 33.4 Å². The summed E-state index contributed by atoms with van der Waals surface area (Å²) in [5.41, 5.74) is 2.63. The van der Waals surface area contributed by atoms with Crippen LogP contribution in [0.5, 0.6) is 0 Å². The number of carbonyl (C=O) groups is 3. The number of aliphatic hydroxyl groups excluding tert-OH is 1. The molecular formula is C28H23F3N6O4. The number of likely N-dealkylation sites (tertiary alicyclic amines) is 1. The van der Waals surface area contributed by atoms with Crippen LogP contribution in [0.1, 0.15) is 23.2 Å². The highest BCUT2D eigenvalue weighted by Gasteiger charge is 2.45. The molecule has 3 aromatic heterocycles. The molecular weight excluding hydrogens is 541 g/mol. The molecule has 3 aliphatic heterocycles. The fourth-order valence-corrected chi connectivity index (χ4v) is 5.99. The predicted octanol–water partition coefficient (Wildman–Crippen LogP) is 2.63. The standard InChI is InChI=1S/C28H23F3N6O4/c29-16-9-15-12-36(27(41)35-6-4-28(30,31)20(38)14-35)8-7-34-13-18(17(10-16)24(15)34)22-23(26(40)33-25(22)39)19-11-32-21-3-1-2-5-37(19)21/h1-3,5,9-11,13,20,38H,4,6-8,12,14H2,(H,33,39,40). The number of benzene rings is 1. The zero-order chi connectivity index (χ0) is 28.6. The number of fused-ring (bicyclic) bond motifs is 1. The molecule has 1 fully saturated rings. The molecule has 0 saturated carbocycles. The first-order valence-corrected chi connectivity index (χ1v) is 13.1. The molecule has 41 heavy (non-hydrogen) atoms. The topological polar surface area (TPSA) is 112 Å². The van der Waals surface area contributed by atoms with Gasteiger partial charge in [0, 0.05) is 55.9 Å². The zero-order valence-electron chi connectivity index (χ0n) is 21.5. The summed E-state index contributed by atoms with van der Waals surface area (Å²) >= 11 is 0. The van der Waals surface area contributed by atoms with Gasteiger partial charge in [0.1, 0.15) is 17.6 Å². The van der Waals surface area contributed by atoms with E-state index in [0.717, 1.165) is 0 Å². The largest absolute Gasteiger partial charge is 0.385 e. The zero-order valence-corrected chi connectivity index (χ0v) is 21.5. The summed E-state index contributed by atoms with van der Waals surface area (Å²) < 4.78 is 46.1. The third-order valence-corrected chi connectivity index (χ3v) is 8.00. The summed E-state index contributed by atoms with van der Waals surface area (Å²) in [5, 5.41) is 12.6. The first-order valence-electron chi connectivity index (χ1n) is 13.1. The van der Waals surface area contributed by atoms with Crippen LogP contribution >= 0.6 is 0 Å². The lowest BCUT2D eigenvalue weighted by Gasteiger charge is -2.38. The lowest BCUT2D eigenvalue weighted by molar-refractivity contribution is -0.141. The average Bonchev–Trinajstić information content (AvgIpc) is 3.55. The number of amides is 4. The van der Waals surface area contributed by atoms with Crippen LogP contribution < -0.4 is 5.32 Å². The van der Waals surface area contributed by atoms with Crippen LogP contribution in [0.25, 0.3) is 27.7 Å².